The summed E-state index contributed by atoms with van der Waals surface area (Å²) in [6.07, 6.45) is 5.29. The zero-order valence-electron chi connectivity index (χ0n) is 15.9. The van der Waals surface area contributed by atoms with Crippen molar-refractivity contribution >= 4 is 16.8 Å². The third-order valence-electron chi connectivity index (χ3n) is 5.98. The summed E-state index contributed by atoms with van der Waals surface area (Å²) in [5, 5.41) is 4.48. The van der Waals surface area contributed by atoms with Gasteiger partial charge in [-0.15, -0.1) is 0 Å². The van der Waals surface area contributed by atoms with E-state index in [9.17, 15) is 4.79 Å². The highest BCUT2D eigenvalue weighted by molar-refractivity contribution is 5.81. The van der Waals surface area contributed by atoms with E-state index >= 15 is 0 Å². The molecule has 1 amide bonds. The lowest BCUT2D eigenvalue weighted by Crippen LogP contribution is -2.53. The van der Waals surface area contributed by atoms with Crippen LogP contribution < -0.4 is 5.32 Å². The monoisotopic (exact) mass is 354 g/mol. The molecule has 4 rings (SSSR count). The van der Waals surface area contributed by atoms with Crippen LogP contribution in [-0.2, 0) is 11.3 Å². The Kier molecular flexibility index (Phi) is 5.00. The van der Waals surface area contributed by atoms with Crippen molar-refractivity contribution in [1.82, 2.24) is 20.1 Å². The Bertz CT molecular complexity index is 764. The molecule has 0 spiro atoms. The quantitative estimate of drug-likeness (QED) is 0.838. The Morgan fingerprint density at radius 1 is 1.27 bits per heavy atom. The molecule has 1 aromatic carbocycles. The van der Waals surface area contributed by atoms with Crippen molar-refractivity contribution in [3.8, 4) is 0 Å². The zero-order valence-corrected chi connectivity index (χ0v) is 15.9. The molecule has 140 valence electrons. The van der Waals surface area contributed by atoms with E-state index in [1.54, 1.807) is 0 Å². The van der Waals surface area contributed by atoms with Crippen molar-refractivity contribution in [2.24, 2.45) is 11.8 Å². The van der Waals surface area contributed by atoms with Gasteiger partial charge < -0.3 is 15.2 Å². The van der Waals surface area contributed by atoms with E-state index in [0.29, 0.717) is 17.9 Å². The van der Waals surface area contributed by atoms with Gasteiger partial charge in [0.2, 0.25) is 5.91 Å². The van der Waals surface area contributed by atoms with E-state index < -0.39 is 0 Å². The maximum atomic E-state index is 12.0. The van der Waals surface area contributed by atoms with Gasteiger partial charge in [0.25, 0.3) is 0 Å². The predicted octanol–water partition coefficient (Wildman–Crippen LogP) is 2.45. The Morgan fingerprint density at radius 3 is 2.88 bits per heavy atom. The third-order valence-corrected chi connectivity index (χ3v) is 5.98. The van der Waals surface area contributed by atoms with Crippen LogP contribution in [0.4, 0.5) is 0 Å². The zero-order chi connectivity index (χ0) is 18.1. The molecule has 2 atom stereocenters. The van der Waals surface area contributed by atoms with Crippen molar-refractivity contribution in [1.29, 1.82) is 0 Å². The van der Waals surface area contributed by atoms with E-state index in [4.69, 9.17) is 0 Å². The molecule has 5 nitrogen and oxygen atoms in total. The summed E-state index contributed by atoms with van der Waals surface area (Å²) in [6.45, 7) is 3.97. The molecular weight excluding hydrogens is 324 g/mol. The number of hydrogen-bond acceptors (Lipinski definition) is 3. The lowest BCUT2D eigenvalue weighted by atomic mass is 9.90. The van der Waals surface area contributed by atoms with Crippen molar-refractivity contribution in [3.63, 3.8) is 0 Å². The average molecular weight is 354 g/mol. The molecule has 1 aliphatic carbocycles. The van der Waals surface area contributed by atoms with E-state index in [-0.39, 0.29) is 5.91 Å². The molecule has 2 aliphatic rings. The number of likely N-dealkylation sites (N-methyl/N-ethyl adjacent to an activating group) is 1. The third kappa shape index (κ3) is 3.94. The van der Waals surface area contributed by atoms with Gasteiger partial charge in [0.15, 0.2) is 0 Å². The summed E-state index contributed by atoms with van der Waals surface area (Å²) in [5.41, 5.74) is 2.57. The van der Waals surface area contributed by atoms with Crippen LogP contribution in [-0.4, -0.2) is 60.5 Å². The molecule has 1 saturated carbocycles. The summed E-state index contributed by atoms with van der Waals surface area (Å²) in [5.74, 6) is 1.11. The lowest BCUT2D eigenvalue weighted by Gasteiger charge is -2.42. The molecule has 2 aromatic rings. The van der Waals surface area contributed by atoms with Gasteiger partial charge in [-0.2, -0.15) is 0 Å². The average Bonchev–Trinajstić information content (AvgIpc) is 3.38. The lowest BCUT2D eigenvalue weighted by molar-refractivity contribution is -0.122. The highest BCUT2D eigenvalue weighted by atomic mass is 16.2. The van der Waals surface area contributed by atoms with Crippen LogP contribution in [0.5, 0.6) is 0 Å². The minimum atomic E-state index is 0.268. The molecule has 2 fully saturated rings. The maximum absolute atomic E-state index is 12.0. The number of aromatic amines is 1. The van der Waals surface area contributed by atoms with Crippen LogP contribution in [0.25, 0.3) is 10.9 Å². The van der Waals surface area contributed by atoms with Gasteiger partial charge in [0.1, 0.15) is 0 Å². The predicted molar refractivity (Wildman–Crippen MR) is 105 cm³/mol. The number of likely N-dealkylation sites (tertiary alicyclic amines) is 1. The number of carbonyl (C=O) groups is 1. The van der Waals surface area contributed by atoms with Gasteiger partial charge in [-0.1, -0.05) is 6.07 Å². The molecule has 1 aliphatic heterocycles. The van der Waals surface area contributed by atoms with Gasteiger partial charge in [0, 0.05) is 43.3 Å². The van der Waals surface area contributed by atoms with E-state index in [1.807, 2.05) is 6.20 Å². The number of fused-ring (bicyclic) bond motifs is 1. The summed E-state index contributed by atoms with van der Waals surface area (Å²) >= 11 is 0. The normalized spacial score (nSPS) is 24.3. The molecule has 0 unspecified atom stereocenters. The molecule has 0 radical (unpaired) electrons. The highest BCUT2D eigenvalue weighted by Gasteiger charge is 2.33. The van der Waals surface area contributed by atoms with Crippen LogP contribution in [0.2, 0.25) is 0 Å². The molecule has 5 heteroatoms. The molecule has 2 N–H and O–H groups in total. The fraction of sp³-hybridized carbons (Fsp3) is 0.571. The number of hydrogen-bond donors (Lipinski definition) is 2. The maximum Gasteiger partial charge on any atom is 0.223 e. The first-order chi connectivity index (χ1) is 12.6. The second-order valence-corrected chi connectivity index (χ2v) is 8.23. The number of H-pyrrole nitrogens is 1. The fourth-order valence-corrected chi connectivity index (χ4v) is 4.19. The van der Waals surface area contributed by atoms with Crippen LogP contribution in [0.1, 0.15) is 24.8 Å². The Hall–Kier alpha value is -1.85. The van der Waals surface area contributed by atoms with Crippen LogP contribution in [0, 0.1) is 11.8 Å². The summed E-state index contributed by atoms with van der Waals surface area (Å²) in [4.78, 5) is 20.1. The highest BCUT2D eigenvalue weighted by Crippen LogP contribution is 2.29. The standard InChI is InChI=1S/C21H30N4O/c1-24(2)20-14-25(10-8-18(20)12-23-21(26)16-4-5-16)13-15-3-6-19-17(11-15)7-9-22-19/h3,6-7,9,11,16,18,20,22H,4-5,8,10,12-14H2,1-2H3,(H,23,26)/t18-,20-/m1/s1. The number of carbonyl (C=O) groups excluding carboxylic acids is 1. The van der Waals surface area contributed by atoms with Gasteiger partial charge >= 0.3 is 0 Å². The number of aromatic nitrogens is 1. The minimum absolute atomic E-state index is 0.268. The number of nitrogens with one attached hydrogen (secondary N) is 2. The van der Waals surface area contributed by atoms with E-state index in [1.165, 1.54) is 16.5 Å². The first-order valence-corrected chi connectivity index (χ1v) is 9.82. The van der Waals surface area contributed by atoms with Crippen LogP contribution in [0.3, 0.4) is 0 Å². The SMILES string of the molecule is CN(C)[C@@H]1CN(Cc2ccc3[nH]ccc3c2)CC[C@@H]1CNC(=O)C1CC1. The second kappa shape index (κ2) is 7.41. The largest absolute Gasteiger partial charge is 0.361 e. The number of benzene rings is 1. The van der Waals surface area contributed by atoms with Crippen molar-refractivity contribution in [3.05, 3.63) is 36.0 Å². The van der Waals surface area contributed by atoms with Gasteiger partial charge in [-0.25, -0.2) is 0 Å². The molecule has 0 bridgehead atoms. The molecule has 2 heterocycles. The first-order valence-electron chi connectivity index (χ1n) is 9.82. The van der Waals surface area contributed by atoms with E-state index in [0.717, 1.165) is 45.4 Å². The number of nitrogens with zero attached hydrogens (tertiary/aromatic N) is 2. The fourth-order valence-electron chi connectivity index (χ4n) is 4.19. The van der Waals surface area contributed by atoms with Gasteiger partial charge in [-0.05, 0) is 75.0 Å². The van der Waals surface area contributed by atoms with Gasteiger partial charge in [0.05, 0.1) is 0 Å². The number of amides is 1. The summed E-state index contributed by atoms with van der Waals surface area (Å²) in [6, 6.07) is 9.31. The molecular formula is C21H30N4O. The van der Waals surface area contributed by atoms with Crippen LogP contribution in [0.15, 0.2) is 30.5 Å². The molecule has 1 aromatic heterocycles. The Balaban J connectivity index is 1.36. The number of rotatable bonds is 6. The van der Waals surface area contributed by atoms with Crippen LogP contribution >= 0.6 is 0 Å². The minimum Gasteiger partial charge on any atom is -0.361 e. The van der Waals surface area contributed by atoms with Crippen molar-refractivity contribution in [2.45, 2.75) is 31.8 Å². The topological polar surface area (TPSA) is 51.4 Å². The van der Waals surface area contributed by atoms with Crippen molar-refractivity contribution < 1.29 is 4.79 Å². The van der Waals surface area contributed by atoms with Gasteiger partial charge in [-0.3, -0.25) is 9.69 Å². The molecule has 26 heavy (non-hydrogen) atoms. The van der Waals surface area contributed by atoms with E-state index in [2.05, 4.69) is 58.5 Å². The Labute approximate surface area is 155 Å². The number of piperidine rings is 1. The summed E-state index contributed by atoms with van der Waals surface area (Å²) < 4.78 is 0. The second-order valence-electron chi connectivity index (χ2n) is 8.23. The van der Waals surface area contributed by atoms with Crippen molar-refractivity contribution in [2.75, 3.05) is 33.7 Å². The summed E-state index contributed by atoms with van der Waals surface area (Å²) in [7, 11) is 4.32. The smallest absolute Gasteiger partial charge is 0.223 e. The first kappa shape index (κ1) is 17.6. The Morgan fingerprint density at radius 2 is 2.12 bits per heavy atom. The molecule has 1 saturated heterocycles.